The number of carbonyl (C=O) groups excluding carboxylic acids is 1. The molecule has 6 heteroatoms. The van der Waals surface area contributed by atoms with E-state index in [1.165, 1.54) is 11.8 Å². The quantitative estimate of drug-likeness (QED) is 0.723. The van der Waals surface area contributed by atoms with Crippen LogP contribution in [0.1, 0.15) is 5.56 Å². The third-order valence-electron chi connectivity index (χ3n) is 1.74. The molecule has 1 aromatic rings. The maximum absolute atomic E-state index is 11.4. The van der Waals surface area contributed by atoms with Gasteiger partial charge in [0.15, 0.2) is 0 Å². The number of amides is 1. The minimum atomic E-state index is -0.824. The van der Waals surface area contributed by atoms with Gasteiger partial charge in [0.05, 0.1) is 12.2 Å². The van der Waals surface area contributed by atoms with E-state index >= 15 is 0 Å². The molecule has 0 aromatic carbocycles. The Balaban J connectivity index is 2.05. The summed E-state index contributed by atoms with van der Waals surface area (Å²) in [5.74, 6) is -0.133. The van der Waals surface area contributed by atoms with Crippen molar-refractivity contribution in [3.63, 3.8) is 0 Å². The van der Waals surface area contributed by atoms with Crippen LogP contribution in [0.5, 0.6) is 0 Å². The first-order valence-corrected chi connectivity index (χ1v) is 6.85. The summed E-state index contributed by atoms with van der Waals surface area (Å²) in [6, 6.07) is 1.92. The molecule has 0 aliphatic carbocycles. The molecule has 0 aliphatic rings. The molecule has 4 nitrogen and oxygen atoms in total. The first-order chi connectivity index (χ1) is 7.68. The lowest BCUT2D eigenvalue weighted by Crippen LogP contribution is -2.27. The highest BCUT2D eigenvalue weighted by Gasteiger charge is 2.03. The van der Waals surface area contributed by atoms with Crippen LogP contribution in [0.15, 0.2) is 16.8 Å². The van der Waals surface area contributed by atoms with Crippen molar-refractivity contribution in [1.29, 1.82) is 0 Å². The molecule has 0 atom stereocenters. The van der Waals surface area contributed by atoms with Gasteiger partial charge in [0.25, 0.3) is 0 Å². The van der Waals surface area contributed by atoms with Crippen molar-refractivity contribution in [2.75, 3.05) is 18.1 Å². The van der Waals surface area contributed by atoms with Gasteiger partial charge >= 0.3 is 5.97 Å². The van der Waals surface area contributed by atoms with E-state index in [-0.39, 0.29) is 11.7 Å². The van der Waals surface area contributed by atoms with Crippen LogP contribution < -0.4 is 5.32 Å². The molecule has 1 heterocycles. The zero-order chi connectivity index (χ0) is 11.8. The average Bonchev–Trinajstić information content (AvgIpc) is 2.69. The summed E-state index contributed by atoms with van der Waals surface area (Å²) in [4.78, 5) is 21.6. The third kappa shape index (κ3) is 5.77. The fraction of sp³-hybridized carbons (Fsp3) is 0.400. The first kappa shape index (κ1) is 13.1. The van der Waals surface area contributed by atoms with E-state index < -0.39 is 5.97 Å². The van der Waals surface area contributed by atoms with Crippen molar-refractivity contribution in [2.45, 2.75) is 6.42 Å². The number of hydrogen-bond donors (Lipinski definition) is 2. The highest BCUT2D eigenvalue weighted by molar-refractivity contribution is 7.99. The van der Waals surface area contributed by atoms with Crippen LogP contribution in [-0.4, -0.2) is 35.0 Å². The van der Waals surface area contributed by atoms with Gasteiger partial charge in [-0.2, -0.15) is 11.3 Å². The Bertz CT molecular complexity index is 338. The smallest absolute Gasteiger partial charge is 0.313 e. The zero-order valence-corrected chi connectivity index (χ0v) is 10.3. The molecule has 0 bridgehead atoms. The Morgan fingerprint density at radius 1 is 1.50 bits per heavy atom. The molecule has 0 saturated heterocycles. The van der Waals surface area contributed by atoms with Crippen molar-refractivity contribution < 1.29 is 14.7 Å². The summed E-state index contributed by atoms with van der Waals surface area (Å²) in [7, 11) is 0. The highest BCUT2D eigenvalue weighted by Crippen LogP contribution is 2.06. The minimum absolute atomic E-state index is 0.0191. The molecule has 2 N–H and O–H groups in total. The van der Waals surface area contributed by atoms with Gasteiger partial charge in [-0.25, -0.2) is 0 Å². The Labute approximate surface area is 102 Å². The molecular formula is C10H13NO3S2. The zero-order valence-electron chi connectivity index (χ0n) is 8.64. The van der Waals surface area contributed by atoms with Gasteiger partial charge in [0.1, 0.15) is 0 Å². The number of nitrogens with one attached hydrogen (secondary N) is 1. The van der Waals surface area contributed by atoms with Crippen molar-refractivity contribution in [1.82, 2.24) is 5.32 Å². The van der Waals surface area contributed by atoms with Gasteiger partial charge in [-0.05, 0) is 22.4 Å². The normalized spacial score (nSPS) is 10.0. The Kier molecular flexibility index (Phi) is 5.95. The second-order valence-corrected chi connectivity index (χ2v) is 4.99. The molecule has 1 rings (SSSR count). The maximum Gasteiger partial charge on any atom is 0.313 e. The van der Waals surface area contributed by atoms with E-state index in [4.69, 9.17) is 5.11 Å². The minimum Gasteiger partial charge on any atom is -0.481 e. The number of rotatable bonds is 7. The number of carboxylic acid groups (broad SMARTS) is 1. The number of thioether (sulfide) groups is 1. The molecule has 0 radical (unpaired) electrons. The van der Waals surface area contributed by atoms with Crippen LogP contribution in [-0.2, 0) is 16.0 Å². The van der Waals surface area contributed by atoms with Crippen molar-refractivity contribution >= 4 is 35.0 Å². The van der Waals surface area contributed by atoms with Crippen LogP contribution in [0.25, 0.3) is 0 Å². The summed E-state index contributed by atoms with van der Waals surface area (Å²) in [5, 5.41) is 15.0. The SMILES string of the molecule is O=C(O)CSCCNC(=O)Cc1ccsc1. The first-order valence-electron chi connectivity index (χ1n) is 4.76. The van der Waals surface area contributed by atoms with Crippen molar-refractivity contribution in [2.24, 2.45) is 0 Å². The van der Waals surface area contributed by atoms with E-state index in [0.29, 0.717) is 18.7 Å². The van der Waals surface area contributed by atoms with Crippen molar-refractivity contribution in [3.8, 4) is 0 Å². The monoisotopic (exact) mass is 259 g/mol. The largest absolute Gasteiger partial charge is 0.481 e. The summed E-state index contributed by atoms with van der Waals surface area (Å²) in [5.41, 5.74) is 1.01. The fourth-order valence-electron chi connectivity index (χ4n) is 1.06. The summed E-state index contributed by atoms with van der Waals surface area (Å²) in [6.45, 7) is 0.515. The standard InChI is InChI=1S/C10H13NO3S2/c12-9(5-8-1-3-15-6-8)11-2-4-16-7-10(13)14/h1,3,6H,2,4-5,7H2,(H,11,12)(H,13,14). The molecule has 0 saturated carbocycles. The van der Waals surface area contributed by atoms with Gasteiger partial charge in [-0.1, -0.05) is 0 Å². The van der Waals surface area contributed by atoms with E-state index in [1.807, 2.05) is 16.8 Å². The molecule has 0 aliphatic heterocycles. The Morgan fingerprint density at radius 3 is 2.94 bits per heavy atom. The predicted molar refractivity (Wildman–Crippen MR) is 66.0 cm³/mol. The van der Waals surface area contributed by atoms with Crippen LogP contribution in [0.2, 0.25) is 0 Å². The molecular weight excluding hydrogens is 246 g/mol. The summed E-state index contributed by atoms with van der Waals surface area (Å²) < 4.78 is 0. The van der Waals surface area contributed by atoms with E-state index in [2.05, 4.69) is 5.32 Å². The number of hydrogen-bond acceptors (Lipinski definition) is 4. The van der Waals surface area contributed by atoms with E-state index in [0.717, 1.165) is 5.56 Å². The van der Waals surface area contributed by atoms with Crippen LogP contribution in [0.4, 0.5) is 0 Å². The van der Waals surface area contributed by atoms with Crippen LogP contribution in [0.3, 0.4) is 0 Å². The number of aliphatic carboxylic acids is 1. The lowest BCUT2D eigenvalue weighted by molar-refractivity contribution is -0.133. The fourth-order valence-corrected chi connectivity index (χ4v) is 2.30. The number of carbonyl (C=O) groups is 2. The third-order valence-corrected chi connectivity index (χ3v) is 3.41. The summed E-state index contributed by atoms with van der Waals surface area (Å²) in [6.07, 6.45) is 0.396. The molecule has 0 unspecified atom stereocenters. The highest BCUT2D eigenvalue weighted by atomic mass is 32.2. The lowest BCUT2D eigenvalue weighted by Gasteiger charge is -2.03. The number of thiophene rings is 1. The molecule has 88 valence electrons. The van der Waals surface area contributed by atoms with Crippen LogP contribution in [0, 0.1) is 0 Å². The Hall–Kier alpha value is -1.01. The van der Waals surface area contributed by atoms with Gasteiger partial charge in [0.2, 0.25) is 5.91 Å². The molecule has 0 fully saturated rings. The predicted octanol–water partition coefficient (Wildman–Crippen LogP) is 1.22. The Morgan fingerprint density at radius 2 is 2.31 bits per heavy atom. The topological polar surface area (TPSA) is 66.4 Å². The molecule has 1 amide bonds. The van der Waals surface area contributed by atoms with E-state index in [1.54, 1.807) is 11.3 Å². The van der Waals surface area contributed by atoms with Gasteiger partial charge in [0, 0.05) is 12.3 Å². The van der Waals surface area contributed by atoms with Gasteiger partial charge in [-0.3, -0.25) is 9.59 Å². The van der Waals surface area contributed by atoms with E-state index in [9.17, 15) is 9.59 Å². The molecule has 16 heavy (non-hydrogen) atoms. The lowest BCUT2D eigenvalue weighted by atomic mass is 10.2. The second kappa shape index (κ2) is 7.29. The molecule has 0 spiro atoms. The van der Waals surface area contributed by atoms with Gasteiger partial charge < -0.3 is 10.4 Å². The number of carboxylic acids is 1. The second-order valence-electron chi connectivity index (χ2n) is 3.10. The van der Waals surface area contributed by atoms with Crippen molar-refractivity contribution in [3.05, 3.63) is 22.4 Å². The van der Waals surface area contributed by atoms with Crippen LogP contribution >= 0.6 is 23.1 Å². The maximum atomic E-state index is 11.4. The molecule has 1 aromatic heterocycles. The average molecular weight is 259 g/mol. The summed E-state index contributed by atoms with van der Waals surface area (Å²) >= 11 is 2.87. The van der Waals surface area contributed by atoms with Gasteiger partial charge in [-0.15, -0.1) is 11.8 Å².